The van der Waals surface area contributed by atoms with E-state index in [0.29, 0.717) is 5.02 Å². The van der Waals surface area contributed by atoms with Gasteiger partial charge in [0.05, 0.1) is 7.11 Å². The van der Waals surface area contributed by atoms with Crippen molar-refractivity contribution in [3.05, 3.63) is 70.7 Å². The Labute approximate surface area is 122 Å². The van der Waals surface area contributed by atoms with Crippen molar-refractivity contribution < 1.29 is 14.3 Å². The first-order valence-corrected chi connectivity index (χ1v) is 6.63. The molecule has 0 N–H and O–H groups in total. The topological polar surface area (TPSA) is 38.8 Å². The molecule has 2 atom stereocenters. The van der Waals surface area contributed by atoms with Crippen LogP contribution in [0.1, 0.15) is 17.2 Å². The van der Waals surface area contributed by atoms with Crippen molar-refractivity contribution in [3.8, 4) is 0 Å². The van der Waals surface area contributed by atoms with E-state index in [2.05, 4.69) is 0 Å². The molecule has 4 heteroatoms. The van der Waals surface area contributed by atoms with E-state index in [1.165, 1.54) is 7.11 Å². The van der Waals surface area contributed by atoms with Crippen LogP contribution in [0.2, 0.25) is 5.02 Å². The predicted octanol–water partition coefficient (Wildman–Crippen LogP) is 3.48. The molecule has 1 fully saturated rings. The lowest BCUT2D eigenvalue weighted by Crippen LogP contribution is -2.24. The summed E-state index contributed by atoms with van der Waals surface area (Å²) in [6, 6.07) is 16.7. The second kappa shape index (κ2) is 4.93. The highest BCUT2D eigenvalue weighted by molar-refractivity contribution is 6.30. The molecule has 1 saturated heterocycles. The Kier molecular flexibility index (Phi) is 3.24. The van der Waals surface area contributed by atoms with Crippen LogP contribution in [0, 0.1) is 0 Å². The Balaban J connectivity index is 1.99. The minimum absolute atomic E-state index is 0.338. The van der Waals surface area contributed by atoms with Crippen LogP contribution in [0.5, 0.6) is 0 Å². The highest BCUT2D eigenvalue weighted by Gasteiger charge is 2.65. The number of carbonyl (C=O) groups is 1. The van der Waals surface area contributed by atoms with Gasteiger partial charge < -0.3 is 9.47 Å². The van der Waals surface area contributed by atoms with Gasteiger partial charge in [0.25, 0.3) is 0 Å². The third-order valence-corrected chi connectivity index (χ3v) is 3.73. The first-order valence-electron chi connectivity index (χ1n) is 6.25. The van der Waals surface area contributed by atoms with Gasteiger partial charge in [0, 0.05) is 5.02 Å². The largest absolute Gasteiger partial charge is 0.467 e. The Morgan fingerprint density at radius 2 is 1.80 bits per heavy atom. The van der Waals surface area contributed by atoms with Crippen LogP contribution >= 0.6 is 11.6 Å². The van der Waals surface area contributed by atoms with Crippen LogP contribution in [0.4, 0.5) is 0 Å². The normalized spacial score (nSPS) is 24.2. The molecule has 2 aromatic carbocycles. The Hall–Kier alpha value is -1.84. The van der Waals surface area contributed by atoms with Gasteiger partial charge in [-0.1, -0.05) is 54.1 Å². The molecule has 2 aromatic rings. The summed E-state index contributed by atoms with van der Waals surface area (Å²) in [6.45, 7) is 0. The van der Waals surface area contributed by atoms with E-state index in [1.807, 2.05) is 42.5 Å². The molecule has 0 amide bonds. The molecule has 0 aromatic heterocycles. The fraction of sp³-hybridized carbons (Fsp3) is 0.188. The van der Waals surface area contributed by atoms with Crippen LogP contribution < -0.4 is 0 Å². The van der Waals surface area contributed by atoms with Crippen molar-refractivity contribution in [1.29, 1.82) is 0 Å². The van der Waals surface area contributed by atoms with Gasteiger partial charge in [-0.15, -0.1) is 0 Å². The number of hydrogen-bond donors (Lipinski definition) is 0. The van der Waals surface area contributed by atoms with E-state index in [1.54, 1.807) is 12.1 Å². The molecule has 0 bridgehead atoms. The highest BCUT2D eigenvalue weighted by Crippen LogP contribution is 2.57. The van der Waals surface area contributed by atoms with Crippen LogP contribution in [0.3, 0.4) is 0 Å². The van der Waals surface area contributed by atoms with Crippen molar-refractivity contribution in [2.75, 3.05) is 7.11 Å². The SMILES string of the molecule is COC(=O)[C@]1(c2ccccc2)O[C@@H]1c1ccc(Cl)cc1. The van der Waals surface area contributed by atoms with Crippen LogP contribution in [0.25, 0.3) is 0 Å². The summed E-state index contributed by atoms with van der Waals surface area (Å²) in [5.41, 5.74) is 0.666. The van der Waals surface area contributed by atoms with Crippen molar-refractivity contribution >= 4 is 17.6 Å². The number of esters is 1. The molecule has 0 aliphatic carbocycles. The summed E-state index contributed by atoms with van der Waals surface area (Å²) in [5, 5.41) is 0.651. The van der Waals surface area contributed by atoms with Crippen molar-refractivity contribution in [1.82, 2.24) is 0 Å². The zero-order chi connectivity index (χ0) is 14.2. The molecule has 0 saturated carbocycles. The lowest BCUT2D eigenvalue weighted by molar-refractivity contribution is -0.147. The van der Waals surface area contributed by atoms with Gasteiger partial charge >= 0.3 is 5.97 Å². The summed E-state index contributed by atoms with van der Waals surface area (Å²) in [7, 11) is 1.37. The average molecular weight is 289 g/mol. The summed E-state index contributed by atoms with van der Waals surface area (Å²) < 4.78 is 10.7. The maximum Gasteiger partial charge on any atom is 0.346 e. The van der Waals surface area contributed by atoms with E-state index in [9.17, 15) is 4.79 Å². The van der Waals surface area contributed by atoms with Crippen LogP contribution in [-0.2, 0) is 19.9 Å². The number of carbonyl (C=O) groups excluding carboxylic acids is 1. The third-order valence-electron chi connectivity index (χ3n) is 3.48. The minimum atomic E-state index is -1.04. The van der Waals surface area contributed by atoms with Gasteiger partial charge in [-0.25, -0.2) is 4.79 Å². The van der Waals surface area contributed by atoms with Crippen LogP contribution in [-0.4, -0.2) is 13.1 Å². The van der Waals surface area contributed by atoms with E-state index >= 15 is 0 Å². The zero-order valence-corrected chi connectivity index (χ0v) is 11.6. The molecule has 20 heavy (non-hydrogen) atoms. The predicted molar refractivity (Wildman–Crippen MR) is 75.4 cm³/mol. The first kappa shape index (κ1) is 13.2. The molecule has 0 radical (unpaired) electrons. The summed E-state index contributed by atoms with van der Waals surface area (Å²) in [4.78, 5) is 12.2. The number of epoxide rings is 1. The molecule has 0 unspecified atom stereocenters. The Morgan fingerprint density at radius 3 is 2.40 bits per heavy atom. The zero-order valence-electron chi connectivity index (χ0n) is 10.9. The highest BCUT2D eigenvalue weighted by atomic mass is 35.5. The van der Waals surface area contributed by atoms with Crippen molar-refractivity contribution in [2.45, 2.75) is 11.7 Å². The summed E-state index contributed by atoms with van der Waals surface area (Å²) >= 11 is 5.88. The molecule has 3 nitrogen and oxygen atoms in total. The molecule has 1 aliphatic rings. The van der Waals surface area contributed by atoms with Gasteiger partial charge in [0.1, 0.15) is 6.10 Å². The van der Waals surface area contributed by atoms with Gasteiger partial charge in [-0.2, -0.15) is 0 Å². The van der Waals surface area contributed by atoms with Crippen LogP contribution in [0.15, 0.2) is 54.6 Å². The van der Waals surface area contributed by atoms with E-state index in [4.69, 9.17) is 21.1 Å². The number of benzene rings is 2. The third kappa shape index (κ3) is 1.99. The maximum absolute atomic E-state index is 12.2. The van der Waals surface area contributed by atoms with Gasteiger partial charge in [0.15, 0.2) is 0 Å². The number of rotatable bonds is 3. The first-order chi connectivity index (χ1) is 9.68. The lowest BCUT2D eigenvalue weighted by Gasteiger charge is -2.11. The van der Waals surface area contributed by atoms with E-state index in [0.717, 1.165) is 11.1 Å². The molecule has 3 rings (SSSR count). The Bertz CT molecular complexity index is 624. The summed E-state index contributed by atoms with van der Waals surface area (Å²) in [6.07, 6.45) is -0.338. The van der Waals surface area contributed by atoms with Crippen molar-refractivity contribution in [2.24, 2.45) is 0 Å². The fourth-order valence-corrected chi connectivity index (χ4v) is 2.55. The standard InChI is InChI=1S/C16H13ClO3/c1-19-15(18)16(12-5-3-2-4-6-12)14(20-16)11-7-9-13(17)10-8-11/h2-10,14H,1H3/t14-,16-/m1/s1. The van der Waals surface area contributed by atoms with Gasteiger partial charge in [-0.3, -0.25) is 0 Å². The number of hydrogen-bond acceptors (Lipinski definition) is 3. The quantitative estimate of drug-likeness (QED) is 0.641. The van der Waals surface area contributed by atoms with Gasteiger partial charge in [-0.05, 0) is 23.3 Å². The summed E-state index contributed by atoms with van der Waals surface area (Å²) in [5.74, 6) is -0.386. The second-order valence-electron chi connectivity index (χ2n) is 4.64. The smallest absolute Gasteiger partial charge is 0.346 e. The molecule has 1 heterocycles. The molecular formula is C16H13ClO3. The van der Waals surface area contributed by atoms with E-state index < -0.39 is 5.60 Å². The Morgan fingerprint density at radius 1 is 1.15 bits per heavy atom. The second-order valence-corrected chi connectivity index (χ2v) is 5.08. The average Bonchev–Trinajstić information content (AvgIpc) is 3.25. The molecular weight excluding hydrogens is 276 g/mol. The number of halogens is 1. The maximum atomic E-state index is 12.2. The lowest BCUT2D eigenvalue weighted by atomic mass is 9.92. The minimum Gasteiger partial charge on any atom is -0.467 e. The molecule has 102 valence electrons. The number of methoxy groups -OCH3 is 1. The fourth-order valence-electron chi connectivity index (χ4n) is 2.42. The number of ether oxygens (including phenoxy) is 2. The molecule has 1 aliphatic heterocycles. The monoisotopic (exact) mass is 288 g/mol. The van der Waals surface area contributed by atoms with Crippen molar-refractivity contribution in [3.63, 3.8) is 0 Å². The molecule has 0 spiro atoms. The van der Waals surface area contributed by atoms with Gasteiger partial charge in [0.2, 0.25) is 5.60 Å². The van der Waals surface area contributed by atoms with E-state index in [-0.39, 0.29) is 12.1 Å².